The van der Waals surface area contributed by atoms with Crippen LogP contribution in [0.15, 0.2) is 48.5 Å². The summed E-state index contributed by atoms with van der Waals surface area (Å²) in [5.41, 5.74) is 8.78. The highest BCUT2D eigenvalue weighted by molar-refractivity contribution is 6.30. The van der Waals surface area contributed by atoms with Gasteiger partial charge in [0.15, 0.2) is 0 Å². The summed E-state index contributed by atoms with van der Waals surface area (Å²) in [4.78, 5) is 14.2. The molecule has 108 valence electrons. The zero-order valence-electron chi connectivity index (χ0n) is 11.4. The molecule has 0 saturated heterocycles. The molecule has 5 heteroatoms. The van der Waals surface area contributed by atoms with Gasteiger partial charge in [-0.3, -0.25) is 4.90 Å². The van der Waals surface area contributed by atoms with Crippen LogP contribution in [-0.2, 0) is 6.42 Å². The van der Waals surface area contributed by atoms with Gasteiger partial charge in [0.25, 0.3) is 0 Å². The number of nitrogens with zero attached hydrogens (tertiary/aromatic N) is 1. The summed E-state index contributed by atoms with van der Waals surface area (Å²) in [7, 11) is 0. The van der Waals surface area contributed by atoms with Crippen molar-refractivity contribution >= 4 is 29.0 Å². The maximum Gasteiger partial charge on any atom is 0.326 e. The van der Waals surface area contributed by atoms with Gasteiger partial charge in [0.2, 0.25) is 0 Å². The Balaban J connectivity index is 1.83. The van der Waals surface area contributed by atoms with Crippen LogP contribution in [0, 0.1) is 0 Å². The molecule has 1 unspecified atom stereocenters. The van der Waals surface area contributed by atoms with E-state index in [0.717, 1.165) is 17.7 Å². The third-order valence-electron chi connectivity index (χ3n) is 3.52. The standard InChI is InChI=1S/C16H16ClN3O/c17-12-5-7-14(8-6-12)19-16(21)20-10-13(18)9-11-3-1-2-4-15(11)20/h1-8,13H,9-10,18H2,(H,19,21). The highest BCUT2D eigenvalue weighted by Gasteiger charge is 2.26. The molecule has 0 radical (unpaired) electrons. The Hall–Kier alpha value is -2.04. The molecule has 3 rings (SSSR count). The fourth-order valence-corrected chi connectivity index (χ4v) is 2.67. The van der Waals surface area contributed by atoms with E-state index < -0.39 is 0 Å². The van der Waals surface area contributed by atoms with E-state index in [2.05, 4.69) is 5.32 Å². The second-order valence-electron chi connectivity index (χ2n) is 5.14. The second-order valence-corrected chi connectivity index (χ2v) is 5.58. The van der Waals surface area contributed by atoms with Crippen molar-refractivity contribution in [3.05, 3.63) is 59.1 Å². The molecular weight excluding hydrogens is 286 g/mol. The molecule has 0 aromatic heterocycles. The molecule has 1 aliphatic rings. The number of anilines is 2. The Labute approximate surface area is 128 Å². The summed E-state index contributed by atoms with van der Waals surface area (Å²) in [5, 5.41) is 3.51. The second kappa shape index (κ2) is 5.76. The number of hydrogen-bond acceptors (Lipinski definition) is 2. The Morgan fingerprint density at radius 1 is 1.19 bits per heavy atom. The lowest BCUT2D eigenvalue weighted by atomic mass is 9.99. The molecule has 0 saturated carbocycles. The van der Waals surface area contributed by atoms with Gasteiger partial charge >= 0.3 is 6.03 Å². The lowest BCUT2D eigenvalue weighted by Gasteiger charge is -2.33. The van der Waals surface area contributed by atoms with Crippen molar-refractivity contribution < 1.29 is 4.79 Å². The van der Waals surface area contributed by atoms with Gasteiger partial charge in [-0.05, 0) is 42.3 Å². The fourth-order valence-electron chi connectivity index (χ4n) is 2.54. The normalized spacial score (nSPS) is 17.2. The zero-order valence-corrected chi connectivity index (χ0v) is 12.2. The van der Waals surface area contributed by atoms with Gasteiger partial charge in [-0.15, -0.1) is 0 Å². The number of urea groups is 1. The van der Waals surface area contributed by atoms with E-state index in [-0.39, 0.29) is 12.1 Å². The van der Waals surface area contributed by atoms with Crippen LogP contribution in [0.4, 0.5) is 16.2 Å². The summed E-state index contributed by atoms with van der Waals surface area (Å²) in [6.07, 6.45) is 0.793. The van der Waals surface area contributed by atoms with E-state index in [0.29, 0.717) is 17.3 Å². The lowest BCUT2D eigenvalue weighted by molar-refractivity contribution is 0.256. The van der Waals surface area contributed by atoms with Crippen LogP contribution < -0.4 is 16.0 Å². The quantitative estimate of drug-likeness (QED) is 0.849. The number of hydrogen-bond donors (Lipinski definition) is 2. The van der Waals surface area contributed by atoms with Crippen LogP contribution in [0.1, 0.15) is 5.56 Å². The molecule has 2 aromatic rings. The summed E-state index contributed by atoms with van der Waals surface area (Å²) in [6.45, 7) is 0.510. The number of carbonyl (C=O) groups is 1. The van der Waals surface area contributed by atoms with Crippen LogP contribution in [0.3, 0.4) is 0 Å². The van der Waals surface area contributed by atoms with Crippen LogP contribution in [0.25, 0.3) is 0 Å². The van der Waals surface area contributed by atoms with E-state index in [1.807, 2.05) is 24.3 Å². The molecule has 2 amide bonds. The minimum absolute atomic E-state index is 0.0455. The Morgan fingerprint density at radius 2 is 1.90 bits per heavy atom. The van der Waals surface area contributed by atoms with E-state index in [4.69, 9.17) is 17.3 Å². The van der Waals surface area contributed by atoms with Gasteiger partial charge < -0.3 is 11.1 Å². The number of rotatable bonds is 1. The third-order valence-corrected chi connectivity index (χ3v) is 3.77. The summed E-state index contributed by atoms with van der Waals surface area (Å²) in [6, 6.07) is 14.7. The molecule has 0 spiro atoms. The molecule has 1 aliphatic heterocycles. The SMILES string of the molecule is NC1Cc2ccccc2N(C(=O)Nc2ccc(Cl)cc2)C1. The number of fused-ring (bicyclic) bond motifs is 1. The van der Waals surface area contributed by atoms with E-state index in [1.54, 1.807) is 29.2 Å². The van der Waals surface area contributed by atoms with Gasteiger partial charge in [-0.1, -0.05) is 29.8 Å². The first-order valence-electron chi connectivity index (χ1n) is 6.81. The van der Waals surface area contributed by atoms with Crippen LogP contribution in [0.5, 0.6) is 0 Å². The minimum Gasteiger partial charge on any atom is -0.326 e. The van der Waals surface area contributed by atoms with Crippen molar-refractivity contribution in [3.8, 4) is 0 Å². The van der Waals surface area contributed by atoms with Crippen molar-refractivity contribution in [1.29, 1.82) is 0 Å². The molecule has 0 fully saturated rings. The number of carbonyl (C=O) groups excluding carboxylic acids is 1. The Bertz CT molecular complexity index is 657. The van der Waals surface area contributed by atoms with Gasteiger partial charge in [0, 0.05) is 29.0 Å². The van der Waals surface area contributed by atoms with Crippen LogP contribution >= 0.6 is 11.6 Å². The van der Waals surface area contributed by atoms with Gasteiger partial charge in [0.05, 0.1) is 0 Å². The van der Waals surface area contributed by atoms with Crippen LogP contribution in [0.2, 0.25) is 5.02 Å². The highest BCUT2D eigenvalue weighted by atomic mass is 35.5. The van der Waals surface area contributed by atoms with E-state index in [1.165, 1.54) is 0 Å². The summed E-state index contributed by atoms with van der Waals surface area (Å²) >= 11 is 5.84. The molecule has 2 aromatic carbocycles. The smallest absolute Gasteiger partial charge is 0.326 e. The first-order valence-corrected chi connectivity index (χ1v) is 7.19. The molecular formula is C16H16ClN3O. The Kier molecular flexibility index (Phi) is 3.82. The highest BCUT2D eigenvalue weighted by Crippen LogP contribution is 2.27. The molecule has 1 heterocycles. The molecule has 4 nitrogen and oxygen atoms in total. The predicted molar refractivity (Wildman–Crippen MR) is 85.9 cm³/mol. The first-order chi connectivity index (χ1) is 10.1. The Morgan fingerprint density at radius 3 is 2.67 bits per heavy atom. The maximum atomic E-state index is 12.5. The number of nitrogens with one attached hydrogen (secondary N) is 1. The number of nitrogens with two attached hydrogens (primary N) is 1. The molecule has 0 bridgehead atoms. The predicted octanol–water partition coefficient (Wildman–Crippen LogP) is 3.26. The van der Waals surface area contributed by atoms with Gasteiger partial charge in [-0.2, -0.15) is 0 Å². The molecule has 1 atom stereocenters. The summed E-state index contributed by atoms with van der Waals surface area (Å²) in [5.74, 6) is 0. The van der Waals surface area contributed by atoms with Crippen molar-refractivity contribution in [3.63, 3.8) is 0 Å². The molecule has 0 aliphatic carbocycles. The fraction of sp³-hybridized carbons (Fsp3) is 0.188. The molecule has 3 N–H and O–H groups in total. The lowest BCUT2D eigenvalue weighted by Crippen LogP contribution is -2.47. The average Bonchev–Trinajstić information content (AvgIpc) is 2.48. The molecule has 21 heavy (non-hydrogen) atoms. The average molecular weight is 302 g/mol. The maximum absolute atomic E-state index is 12.5. The van der Waals surface area contributed by atoms with Crippen molar-refractivity contribution in [2.24, 2.45) is 5.73 Å². The monoisotopic (exact) mass is 301 g/mol. The van der Waals surface area contributed by atoms with Crippen LogP contribution in [-0.4, -0.2) is 18.6 Å². The number of para-hydroxylation sites is 1. The topological polar surface area (TPSA) is 58.4 Å². The van der Waals surface area contributed by atoms with Gasteiger partial charge in [-0.25, -0.2) is 4.79 Å². The van der Waals surface area contributed by atoms with Gasteiger partial charge in [0.1, 0.15) is 0 Å². The number of benzene rings is 2. The minimum atomic E-state index is -0.181. The van der Waals surface area contributed by atoms with Crippen molar-refractivity contribution in [1.82, 2.24) is 0 Å². The summed E-state index contributed by atoms with van der Waals surface area (Å²) < 4.78 is 0. The number of halogens is 1. The van der Waals surface area contributed by atoms with Crippen molar-refractivity contribution in [2.75, 3.05) is 16.8 Å². The van der Waals surface area contributed by atoms with Crippen molar-refractivity contribution in [2.45, 2.75) is 12.5 Å². The third kappa shape index (κ3) is 3.01. The zero-order chi connectivity index (χ0) is 14.8. The van der Waals surface area contributed by atoms with E-state index in [9.17, 15) is 4.79 Å². The largest absolute Gasteiger partial charge is 0.326 e. The first kappa shape index (κ1) is 13.9. The van der Waals surface area contributed by atoms with E-state index >= 15 is 0 Å². The number of amides is 2.